The van der Waals surface area contributed by atoms with E-state index in [1.807, 2.05) is 0 Å². The molecule has 15 heavy (non-hydrogen) atoms. The van der Waals surface area contributed by atoms with Crippen LogP contribution in [0.2, 0.25) is 0 Å². The van der Waals surface area contributed by atoms with Gasteiger partial charge in [0, 0.05) is 6.04 Å². The number of hydrogen-bond acceptors (Lipinski definition) is 3. The van der Waals surface area contributed by atoms with Crippen molar-refractivity contribution in [2.45, 2.75) is 52.5 Å². The van der Waals surface area contributed by atoms with Crippen LogP contribution in [0.3, 0.4) is 0 Å². The molecule has 0 rings (SSSR count). The van der Waals surface area contributed by atoms with Crippen molar-refractivity contribution in [3.05, 3.63) is 0 Å². The second-order valence-corrected chi connectivity index (χ2v) is 3.87. The predicted octanol–water partition coefficient (Wildman–Crippen LogP) is -2.07. The third-order valence-electron chi connectivity index (χ3n) is 2.61. The number of nitrogens with one attached hydrogen (secondary N) is 1. The molecule has 0 aromatic rings. The van der Waals surface area contributed by atoms with E-state index in [-0.39, 0.29) is 29.6 Å². The Bertz CT molecular complexity index is 165. The quantitative estimate of drug-likeness (QED) is 0.481. The van der Waals surface area contributed by atoms with Crippen LogP contribution in [-0.2, 0) is 4.79 Å². The van der Waals surface area contributed by atoms with Crippen LogP contribution in [0.1, 0.15) is 46.5 Å². The molecule has 0 aliphatic carbocycles. The fourth-order valence-corrected chi connectivity index (χ4v) is 1.37. The minimum atomic E-state index is -1.02. The normalized spacial score (nSPS) is 14.1. The number of carbonyl (C=O) groups is 1. The number of rotatable bonds is 8. The number of hydrogen-bond donors (Lipinski definition) is 1. The molecule has 1 N–H and O–H groups in total. The van der Waals surface area contributed by atoms with Crippen molar-refractivity contribution in [2.75, 3.05) is 6.54 Å². The van der Waals surface area contributed by atoms with Gasteiger partial charge in [-0.3, -0.25) is 0 Å². The number of unbranched alkanes of at least 4 members (excludes halogenated alkanes) is 1. The summed E-state index contributed by atoms with van der Waals surface area (Å²) in [7, 11) is 0. The van der Waals surface area contributed by atoms with E-state index in [4.69, 9.17) is 0 Å². The third-order valence-corrected chi connectivity index (χ3v) is 2.61. The second kappa shape index (κ2) is 10.9. The Hall–Kier alpha value is 0.430. The molecule has 0 radical (unpaired) electrons. The Morgan fingerprint density at radius 2 is 2.00 bits per heavy atom. The Morgan fingerprint density at radius 3 is 2.40 bits per heavy atom. The SMILES string of the molecule is CCCCC(CC)CNC(C)C(=O)[O-].[Na+]. The molecule has 2 atom stereocenters. The molecular weight excluding hydrogens is 201 g/mol. The summed E-state index contributed by atoms with van der Waals surface area (Å²) in [6, 6.07) is -0.536. The summed E-state index contributed by atoms with van der Waals surface area (Å²) in [5, 5.41) is 13.4. The van der Waals surface area contributed by atoms with Gasteiger partial charge in [-0.2, -0.15) is 0 Å². The average molecular weight is 223 g/mol. The van der Waals surface area contributed by atoms with Crippen molar-refractivity contribution in [3.63, 3.8) is 0 Å². The van der Waals surface area contributed by atoms with Crippen LogP contribution in [0.4, 0.5) is 0 Å². The number of aliphatic carboxylic acids is 1. The van der Waals surface area contributed by atoms with Crippen LogP contribution in [0.15, 0.2) is 0 Å². The first kappa shape index (κ1) is 17.8. The summed E-state index contributed by atoms with van der Waals surface area (Å²) >= 11 is 0. The molecule has 84 valence electrons. The van der Waals surface area contributed by atoms with Gasteiger partial charge in [-0.05, 0) is 25.8 Å². The molecule has 2 unspecified atom stereocenters. The smallest absolute Gasteiger partial charge is 0.548 e. The molecule has 0 spiro atoms. The van der Waals surface area contributed by atoms with Crippen LogP contribution < -0.4 is 40.0 Å². The standard InChI is InChI=1S/C11H23NO2.Na/c1-4-6-7-10(5-2)8-12-9(3)11(13)14;/h9-10,12H,4-8H2,1-3H3,(H,13,14);/q;+1/p-1. The average Bonchev–Trinajstić information content (AvgIpc) is 2.17. The summed E-state index contributed by atoms with van der Waals surface area (Å²) < 4.78 is 0. The van der Waals surface area contributed by atoms with Gasteiger partial charge in [-0.25, -0.2) is 0 Å². The fourth-order valence-electron chi connectivity index (χ4n) is 1.37. The largest absolute Gasteiger partial charge is 1.00 e. The molecular formula is C11H22NNaO2. The van der Waals surface area contributed by atoms with Gasteiger partial charge in [0.15, 0.2) is 0 Å². The molecule has 0 heterocycles. The van der Waals surface area contributed by atoms with Gasteiger partial charge in [0.25, 0.3) is 0 Å². The first-order valence-corrected chi connectivity index (χ1v) is 5.56. The zero-order chi connectivity index (χ0) is 11.0. The Morgan fingerprint density at radius 1 is 1.40 bits per heavy atom. The van der Waals surface area contributed by atoms with Gasteiger partial charge >= 0.3 is 29.6 Å². The fraction of sp³-hybridized carbons (Fsp3) is 0.909. The molecule has 3 nitrogen and oxygen atoms in total. The topological polar surface area (TPSA) is 52.2 Å². The van der Waals surface area contributed by atoms with Crippen molar-refractivity contribution < 1.29 is 39.5 Å². The summed E-state index contributed by atoms with van der Waals surface area (Å²) in [5.41, 5.74) is 0. The zero-order valence-electron chi connectivity index (χ0n) is 10.5. The third kappa shape index (κ3) is 9.36. The van der Waals surface area contributed by atoms with Gasteiger partial charge in [0.2, 0.25) is 0 Å². The Labute approximate surface area is 115 Å². The van der Waals surface area contributed by atoms with Crippen molar-refractivity contribution in [1.29, 1.82) is 0 Å². The van der Waals surface area contributed by atoms with Crippen molar-refractivity contribution >= 4 is 5.97 Å². The summed E-state index contributed by atoms with van der Waals surface area (Å²) in [6.45, 7) is 6.73. The maximum atomic E-state index is 10.4. The van der Waals surface area contributed by atoms with Gasteiger partial charge in [0.1, 0.15) is 0 Å². The van der Waals surface area contributed by atoms with E-state index in [9.17, 15) is 9.90 Å². The van der Waals surface area contributed by atoms with Gasteiger partial charge in [-0.1, -0.05) is 33.1 Å². The second-order valence-electron chi connectivity index (χ2n) is 3.87. The van der Waals surface area contributed by atoms with E-state index in [0.717, 1.165) is 13.0 Å². The minimum Gasteiger partial charge on any atom is -0.548 e. The van der Waals surface area contributed by atoms with Crippen LogP contribution >= 0.6 is 0 Å². The van der Waals surface area contributed by atoms with E-state index in [1.54, 1.807) is 6.92 Å². The summed E-state index contributed by atoms with van der Waals surface area (Å²) in [5.74, 6) is -0.424. The molecule has 4 heteroatoms. The Kier molecular flexibility index (Phi) is 13.0. The monoisotopic (exact) mass is 223 g/mol. The zero-order valence-corrected chi connectivity index (χ0v) is 12.5. The van der Waals surface area contributed by atoms with Crippen LogP contribution in [0, 0.1) is 5.92 Å². The van der Waals surface area contributed by atoms with E-state index >= 15 is 0 Å². The maximum absolute atomic E-state index is 10.4. The molecule has 0 aromatic heterocycles. The minimum absolute atomic E-state index is 0. The van der Waals surface area contributed by atoms with Crippen LogP contribution in [0.5, 0.6) is 0 Å². The predicted molar refractivity (Wildman–Crippen MR) is 55.8 cm³/mol. The Balaban J connectivity index is 0. The number of carbonyl (C=O) groups excluding carboxylic acids is 1. The molecule has 0 amide bonds. The molecule has 0 aromatic carbocycles. The van der Waals surface area contributed by atoms with Crippen molar-refractivity contribution in [3.8, 4) is 0 Å². The molecule has 0 saturated heterocycles. The van der Waals surface area contributed by atoms with Crippen LogP contribution in [-0.4, -0.2) is 18.6 Å². The number of carboxylic acid groups (broad SMARTS) is 1. The van der Waals surface area contributed by atoms with Gasteiger partial charge in [0.05, 0.1) is 5.97 Å². The van der Waals surface area contributed by atoms with E-state index in [2.05, 4.69) is 19.2 Å². The summed E-state index contributed by atoms with van der Waals surface area (Å²) in [6.07, 6.45) is 4.71. The van der Waals surface area contributed by atoms with E-state index in [0.29, 0.717) is 5.92 Å². The molecule has 0 aliphatic heterocycles. The molecule has 0 aliphatic rings. The van der Waals surface area contributed by atoms with Gasteiger partial charge < -0.3 is 15.2 Å². The van der Waals surface area contributed by atoms with E-state index in [1.165, 1.54) is 19.3 Å². The van der Waals surface area contributed by atoms with Crippen molar-refractivity contribution in [2.24, 2.45) is 5.92 Å². The first-order chi connectivity index (χ1) is 6.61. The van der Waals surface area contributed by atoms with E-state index < -0.39 is 12.0 Å². The maximum Gasteiger partial charge on any atom is 1.00 e. The first-order valence-electron chi connectivity index (χ1n) is 5.56. The van der Waals surface area contributed by atoms with Gasteiger partial charge in [-0.15, -0.1) is 0 Å². The molecule has 0 fully saturated rings. The van der Waals surface area contributed by atoms with Crippen molar-refractivity contribution in [1.82, 2.24) is 5.32 Å². The molecule has 0 bridgehead atoms. The molecule has 0 saturated carbocycles. The number of carboxylic acids is 1. The summed E-state index contributed by atoms with van der Waals surface area (Å²) in [4.78, 5) is 10.4. The van der Waals surface area contributed by atoms with Crippen LogP contribution in [0.25, 0.3) is 0 Å².